The van der Waals surface area contributed by atoms with Crippen molar-refractivity contribution in [1.29, 1.82) is 5.41 Å². The molecule has 0 saturated heterocycles. The molecule has 0 aromatic rings. The van der Waals surface area contributed by atoms with Gasteiger partial charge in [-0.05, 0) is 6.08 Å². The normalized spacial score (nSPS) is 10.6. The van der Waals surface area contributed by atoms with Crippen molar-refractivity contribution in [2.75, 3.05) is 39.6 Å². The van der Waals surface area contributed by atoms with Crippen molar-refractivity contribution < 1.29 is 38.0 Å². The molecular formula is C18H27NO8. The summed E-state index contributed by atoms with van der Waals surface area (Å²) in [5, 5.41) is 7.33. The van der Waals surface area contributed by atoms with Crippen LogP contribution < -0.4 is 0 Å². The maximum Gasteiger partial charge on any atom is 0.330 e. The van der Waals surface area contributed by atoms with Crippen LogP contribution in [-0.2, 0) is 38.0 Å². The van der Waals surface area contributed by atoms with Crippen molar-refractivity contribution in [2.24, 2.45) is 0 Å². The molecule has 9 heteroatoms. The molecule has 0 aliphatic carbocycles. The van der Waals surface area contributed by atoms with Crippen molar-refractivity contribution in [2.45, 2.75) is 19.3 Å². The van der Waals surface area contributed by atoms with Crippen LogP contribution in [0.5, 0.6) is 0 Å². The monoisotopic (exact) mass is 385 g/mol. The molecule has 0 saturated carbocycles. The lowest BCUT2D eigenvalue weighted by atomic mass is 10.4. The lowest BCUT2D eigenvalue weighted by Gasteiger charge is -2.32. The van der Waals surface area contributed by atoms with E-state index in [0.717, 1.165) is 12.2 Å². The molecule has 1 N–H and O–H groups in total. The van der Waals surface area contributed by atoms with E-state index < -0.39 is 17.9 Å². The third kappa shape index (κ3) is 11.7. The van der Waals surface area contributed by atoms with Gasteiger partial charge in [-0.15, -0.1) is 0 Å². The van der Waals surface area contributed by atoms with Crippen LogP contribution in [0.1, 0.15) is 13.3 Å². The Morgan fingerprint density at radius 3 is 1.52 bits per heavy atom. The zero-order valence-corrected chi connectivity index (χ0v) is 15.6. The number of hydrogen-bond acceptors (Lipinski definition) is 9. The maximum atomic E-state index is 11.1. The predicted octanol–water partition coefficient (Wildman–Crippen LogP) is 1.74. The largest absolute Gasteiger partial charge is 0.476 e. The first-order valence-electron chi connectivity index (χ1n) is 8.27. The van der Waals surface area contributed by atoms with Crippen LogP contribution in [0.2, 0.25) is 0 Å². The van der Waals surface area contributed by atoms with E-state index in [2.05, 4.69) is 19.7 Å². The number of carbonyl (C=O) groups excluding carboxylic acids is 2. The molecule has 0 aliphatic heterocycles. The second-order valence-corrected chi connectivity index (χ2v) is 4.74. The predicted molar refractivity (Wildman–Crippen MR) is 97.1 cm³/mol. The lowest BCUT2D eigenvalue weighted by Crippen LogP contribution is -2.41. The summed E-state index contributed by atoms with van der Waals surface area (Å²) in [4.78, 5) is 22.1. The number of nitrogens with one attached hydrogen (secondary N) is 1. The molecule has 0 aromatic heterocycles. The molecule has 0 unspecified atom stereocenters. The molecule has 0 heterocycles. The Bertz CT molecular complexity index is 448. The minimum Gasteiger partial charge on any atom is -0.476 e. The second kappa shape index (κ2) is 14.7. The summed E-state index contributed by atoms with van der Waals surface area (Å²) in [5.41, 5.74) is 0. The number of ether oxygens (including phenoxy) is 6. The highest BCUT2D eigenvalue weighted by Gasteiger charge is 2.32. The first kappa shape index (κ1) is 24.5. The van der Waals surface area contributed by atoms with Crippen LogP contribution in [0.25, 0.3) is 0 Å². The Kier molecular flexibility index (Phi) is 13.3. The van der Waals surface area contributed by atoms with Crippen LogP contribution >= 0.6 is 0 Å². The summed E-state index contributed by atoms with van der Waals surface area (Å²) in [6.07, 6.45) is 3.62. The van der Waals surface area contributed by atoms with Crippen molar-refractivity contribution in [3.63, 3.8) is 0 Å². The fourth-order valence-electron chi connectivity index (χ4n) is 1.64. The summed E-state index contributed by atoms with van der Waals surface area (Å²) in [7, 11) is 0. The van der Waals surface area contributed by atoms with E-state index in [0.29, 0.717) is 0 Å². The van der Waals surface area contributed by atoms with Gasteiger partial charge in [0.15, 0.2) is 0 Å². The zero-order chi connectivity index (χ0) is 20.5. The average Bonchev–Trinajstić information content (AvgIpc) is 2.70. The molecule has 9 nitrogen and oxygen atoms in total. The fraction of sp³-hybridized carbons (Fsp3) is 0.500. The molecule has 0 atom stereocenters. The minimum atomic E-state index is -1.46. The van der Waals surface area contributed by atoms with Crippen molar-refractivity contribution in [1.82, 2.24) is 0 Å². The van der Waals surface area contributed by atoms with Gasteiger partial charge in [0.1, 0.15) is 19.8 Å². The lowest BCUT2D eigenvalue weighted by molar-refractivity contribution is -0.384. The first-order valence-corrected chi connectivity index (χ1v) is 8.27. The smallest absolute Gasteiger partial charge is 0.330 e. The van der Waals surface area contributed by atoms with Gasteiger partial charge in [-0.2, -0.15) is 0 Å². The van der Waals surface area contributed by atoms with Gasteiger partial charge in [0, 0.05) is 18.6 Å². The summed E-state index contributed by atoms with van der Waals surface area (Å²) in [6, 6.07) is 0. The topological polar surface area (TPSA) is 113 Å². The van der Waals surface area contributed by atoms with Crippen molar-refractivity contribution in [3.05, 3.63) is 38.0 Å². The van der Waals surface area contributed by atoms with Crippen LogP contribution in [0.4, 0.5) is 0 Å². The molecule has 0 rings (SSSR count). The molecule has 0 aliphatic rings. The van der Waals surface area contributed by atoms with Crippen LogP contribution in [-0.4, -0.2) is 63.5 Å². The number of rotatable bonds is 16. The van der Waals surface area contributed by atoms with Gasteiger partial charge in [0.2, 0.25) is 5.90 Å². The van der Waals surface area contributed by atoms with Gasteiger partial charge in [-0.1, -0.05) is 26.7 Å². The molecule has 27 heavy (non-hydrogen) atoms. The standard InChI is InChI=1S/C18H27NO8/c1-5-15(19)22-9-12-25-18(8-4,26-13-10-23-16(20)6-2)27-14-11-24-17(21)7-3/h5-7,19H,1-3,8-14H2,4H3. The molecule has 0 radical (unpaired) electrons. The van der Waals surface area contributed by atoms with E-state index in [1.807, 2.05) is 0 Å². The Morgan fingerprint density at radius 1 is 0.778 bits per heavy atom. The second-order valence-electron chi connectivity index (χ2n) is 4.74. The average molecular weight is 385 g/mol. The van der Waals surface area contributed by atoms with E-state index >= 15 is 0 Å². The Hall–Kier alpha value is -2.49. The third-order valence-electron chi connectivity index (χ3n) is 2.91. The summed E-state index contributed by atoms with van der Waals surface area (Å²) in [5.74, 6) is -2.69. The Morgan fingerprint density at radius 2 is 1.19 bits per heavy atom. The number of carbonyl (C=O) groups is 2. The Labute approximate surface area is 159 Å². The van der Waals surface area contributed by atoms with E-state index in [9.17, 15) is 9.59 Å². The minimum absolute atomic E-state index is 0.00317. The fourth-order valence-corrected chi connectivity index (χ4v) is 1.64. The van der Waals surface area contributed by atoms with E-state index in [4.69, 9.17) is 33.8 Å². The quantitative estimate of drug-likeness (QED) is 0.107. The van der Waals surface area contributed by atoms with Gasteiger partial charge >= 0.3 is 11.9 Å². The van der Waals surface area contributed by atoms with E-state index in [1.165, 1.54) is 6.08 Å². The van der Waals surface area contributed by atoms with Crippen molar-refractivity contribution in [3.8, 4) is 0 Å². The maximum absolute atomic E-state index is 11.1. The molecule has 0 spiro atoms. The molecule has 0 amide bonds. The van der Waals surface area contributed by atoms with E-state index in [1.54, 1.807) is 6.92 Å². The molecule has 0 fully saturated rings. The van der Waals surface area contributed by atoms with Gasteiger partial charge in [0.05, 0.1) is 19.8 Å². The summed E-state index contributed by atoms with van der Waals surface area (Å²) < 4.78 is 31.5. The third-order valence-corrected chi connectivity index (χ3v) is 2.91. The summed E-state index contributed by atoms with van der Waals surface area (Å²) >= 11 is 0. The van der Waals surface area contributed by atoms with Gasteiger partial charge in [-0.3, -0.25) is 5.41 Å². The first-order chi connectivity index (χ1) is 12.9. The van der Waals surface area contributed by atoms with E-state index in [-0.39, 0.29) is 52.0 Å². The Balaban J connectivity index is 4.59. The zero-order valence-electron chi connectivity index (χ0n) is 15.6. The molecule has 0 bridgehead atoms. The highest BCUT2D eigenvalue weighted by molar-refractivity contribution is 5.84. The van der Waals surface area contributed by atoms with Crippen molar-refractivity contribution >= 4 is 17.8 Å². The van der Waals surface area contributed by atoms with Crippen LogP contribution in [0.15, 0.2) is 38.0 Å². The van der Waals surface area contributed by atoms with Gasteiger partial charge in [0.25, 0.3) is 5.97 Å². The van der Waals surface area contributed by atoms with Crippen LogP contribution in [0.3, 0.4) is 0 Å². The molecule has 152 valence electrons. The summed E-state index contributed by atoms with van der Waals surface area (Å²) in [6.45, 7) is 11.9. The van der Waals surface area contributed by atoms with Gasteiger partial charge in [-0.25, -0.2) is 9.59 Å². The highest BCUT2D eigenvalue weighted by atomic mass is 16.9. The number of esters is 2. The van der Waals surface area contributed by atoms with Crippen LogP contribution in [0, 0.1) is 5.41 Å². The van der Waals surface area contributed by atoms with Gasteiger partial charge < -0.3 is 28.4 Å². The SMILES string of the molecule is C=CC(=N)OCCOC(CC)(OCCOC(=O)C=C)OCCOC(=O)C=C. The molecule has 0 aromatic carbocycles. The number of hydrogen-bond donors (Lipinski definition) is 1. The molecular weight excluding hydrogens is 358 g/mol. The highest BCUT2D eigenvalue weighted by Crippen LogP contribution is 2.20.